The molecule has 1 N–H and O–H groups in total. The molecule has 1 aliphatic rings. The summed E-state index contributed by atoms with van der Waals surface area (Å²) in [6, 6.07) is 4.64. The molecule has 2 aromatic rings. The van der Waals surface area contributed by atoms with Crippen LogP contribution in [0.2, 0.25) is 0 Å². The topological polar surface area (TPSA) is 89.3 Å². The van der Waals surface area contributed by atoms with Crippen molar-refractivity contribution in [2.45, 2.75) is 54.8 Å². The Bertz CT molecular complexity index is 999. The normalized spacial score (nSPS) is 16.6. The van der Waals surface area contributed by atoms with E-state index in [0.717, 1.165) is 12.1 Å². The van der Waals surface area contributed by atoms with Gasteiger partial charge in [0.25, 0.3) is 0 Å². The number of benzene rings is 1. The minimum atomic E-state index is -4.57. The number of carbonyl (C=O) groups is 1. The molecule has 1 aromatic carbocycles. The molecule has 10 heteroatoms. The fourth-order valence-electron chi connectivity index (χ4n) is 2.70. The molecule has 1 saturated carbocycles. The Kier molecular flexibility index (Phi) is 4.61. The molecule has 1 aromatic heterocycles. The van der Waals surface area contributed by atoms with Gasteiger partial charge in [-0.1, -0.05) is 25.9 Å². The molecule has 1 heterocycles. The quantitative estimate of drug-likeness (QED) is 0.816. The molecule has 3 rings (SSSR count). The van der Waals surface area contributed by atoms with Crippen LogP contribution in [0.4, 0.5) is 19.0 Å². The number of hydrogen-bond donors (Lipinski definition) is 1. The van der Waals surface area contributed by atoms with E-state index in [-0.39, 0.29) is 29.0 Å². The summed E-state index contributed by atoms with van der Waals surface area (Å²) in [6.45, 7) is 5.66. The molecule has 0 aliphatic heterocycles. The van der Waals surface area contributed by atoms with Crippen molar-refractivity contribution in [1.29, 1.82) is 0 Å². The first-order chi connectivity index (χ1) is 12.8. The van der Waals surface area contributed by atoms with Gasteiger partial charge in [-0.25, -0.2) is 8.42 Å². The highest BCUT2D eigenvalue weighted by Gasteiger charge is 2.61. The second kappa shape index (κ2) is 6.33. The Morgan fingerprint density at radius 2 is 1.71 bits per heavy atom. The molecule has 1 amide bonds. The van der Waals surface area contributed by atoms with Crippen LogP contribution in [0.25, 0.3) is 0 Å². The maximum atomic E-state index is 12.9. The molecule has 1 fully saturated rings. The van der Waals surface area contributed by atoms with E-state index in [1.165, 1.54) is 6.07 Å². The highest BCUT2D eigenvalue weighted by Crippen LogP contribution is 2.48. The first-order valence-electron chi connectivity index (χ1n) is 8.48. The van der Waals surface area contributed by atoms with E-state index in [1.54, 1.807) is 0 Å². The summed E-state index contributed by atoms with van der Waals surface area (Å²) in [6.07, 6.45) is -4.42. The van der Waals surface area contributed by atoms with E-state index < -0.39 is 32.2 Å². The van der Waals surface area contributed by atoms with Gasteiger partial charge in [-0.15, -0.1) is 0 Å². The zero-order valence-corrected chi connectivity index (χ0v) is 16.2. The first-order valence-corrected chi connectivity index (χ1v) is 9.96. The highest BCUT2D eigenvalue weighted by atomic mass is 32.2. The van der Waals surface area contributed by atoms with E-state index in [1.807, 2.05) is 20.8 Å². The van der Waals surface area contributed by atoms with Gasteiger partial charge in [0.2, 0.25) is 5.91 Å². The standard InChI is InChI=1S/C18H19F3N2O4S/c1-16(2,3)13-10-14(23-27-13)22-15(24)17(8-9-17)28(25,26)12-6-4-11(5-7-12)18(19,20)21/h4-7,10H,8-9H2,1-3H3,(H,22,23,24). The average Bonchev–Trinajstić information content (AvgIpc) is 3.28. The number of aromatic nitrogens is 1. The lowest BCUT2D eigenvalue weighted by Gasteiger charge is -2.16. The molecule has 152 valence electrons. The van der Waals surface area contributed by atoms with Crippen molar-refractivity contribution in [2.75, 3.05) is 5.32 Å². The Morgan fingerprint density at radius 3 is 2.14 bits per heavy atom. The summed E-state index contributed by atoms with van der Waals surface area (Å²) in [5.74, 6) is -0.178. The molecule has 0 saturated heterocycles. The van der Waals surface area contributed by atoms with Crippen LogP contribution in [-0.2, 0) is 26.2 Å². The van der Waals surface area contributed by atoms with Gasteiger partial charge in [0.05, 0.1) is 10.5 Å². The zero-order chi connectivity index (χ0) is 21.0. The molecule has 0 spiro atoms. The Balaban J connectivity index is 1.83. The summed E-state index contributed by atoms with van der Waals surface area (Å²) < 4.78 is 67.3. The van der Waals surface area contributed by atoms with Crippen molar-refractivity contribution < 1.29 is 30.9 Å². The van der Waals surface area contributed by atoms with Gasteiger partial charge in [-0.05, 0) is 37.1 Å². The summed E-state index contributed by atoms with van der Waals surface area (Å²) >= 11 is 0. The molecule has 0 unspecified atom stereocenters. The van der Waals surface area contributed by atoms with Gasteiger partial charge in [-0.2, -0.15) is 13.2 Å². The third-order valence-corrected chi connectivity index (χ3v) is 7.13. The number of rotatable bonds is 4. The minimum absolute atomic E-state index is 0.0756. The van der Waals surface area contributed by atoms with Gasteiger partial charge in [0.1, 0.15) is 5.76 Å². The SMILES string of the molecule is CC(C)(C)c1cc(NC(=O)C2(S(=O)(=O)c3ccc(C(F)(F)F)cc3)CC2)no1. The summed E-state index contributed by atoms with van der Waals surface area (Å²) in [7, 11) is -4.17. The van der Waals surface area contributed by atoms with Crippen LogP contribution in [-0.4, -0.2) is 24.2 Å². The minimum Gasteiger partial charge on any atom is -0.359 e. The monoisotopic (exact) mass is 416 g/mol. The smallest absolute Gasteiger partial charge is 0.359 e. The Morgan fingerprint density at radius 1 is 1.14 bits per heavy atom. The third-order valence-electron chi connectivity index (χ3n) is 4.62. The largest absolute Gasteiger partial charge is 0.416 e. The second-order valence-corrected chi connectivity index (χ2v) is 10.1. The zero-order valence-electron chi connectivity index (χ0n) is 15.4. The van der Waals surface area contributed by atoms with Gasteiger partial charge in [0, 0.05) is 11.5 Å². The molecule has 0 radical (unpaired) electrons. The van der Waals surface area contributed by atoms with E-state index in [9.17, 15) is 26.4 Å². The van der Waals surface area contributed by atoms with Gasteiger partial charge in [-0.3, -0.25) is 4.79 Å². The lowest BCUT2D eigenvalue weighted by Crippen LogP contribution is -2.37. The summed E-state index contributed by atoms with van der Waals surface area (Å²) in [5.41, 5.74) is -1.31. The van der Waals surface area contributed by atoms with E-state index in [4.69, 9.17) is 4.52 Å². The molecule has 28 heavy (non-hydrogen) atoms. The van der Waals surface area contributed by atoms with Gasteiger partial charge >= 0.3 is 6.18 Å². The van der Waals surface area contributed by atoms with Crippen molar-refractivity contribution >= 4 is 21.6 Å². The molecular formula is C18H19F3N2O4S. The lowest BCUT2D eigenvalue weighted by atomic mass is 9.93. The van der Waals surface area contributed by atoms with Gasteiger partial charge in [0.15, 0.2) is 20.4 Å². The number of carbonyl (C=O) groups excluding carboxylic acids is 1. The summed E-state index contributed by atoms with van der Waals surface area (Å²) in [4.78, 5) is 12.3. The molecular weight excluding hydrogens is 397 g/mol. The van der Waals surface area contributed by atoms with Crippen LogP contribution in [0.5, 0.6) is 0 Å². The number of anilines is 1. The first kappa shape index (κ1) is 20.4. The maximum absolute atomic E-state index is 12.9. The van der Waals surface area contributed by atoms with Gasteiger partial charge < -0.3 is 9.84 Å². The number of nitrogens with zero attached hydrogens (tertiary/aromatic N) is 1. The molecule has 1 aliphatic carbocycles. The highest BCUT2D eigenvalue weighted by molar-refractivity contribution is 7.94. The number of nitrogens with one attached hydrogen (secondary N) is 1. The van der Waals surface area contributed by atoms with Crippen molar-refractivity contribution in [3.8, 4) is 0 Å². The van der Waals surface area contributed by atoms with E-state index in [2.05, 4.69) is 10.5 Å². The van der Waals surface area contributed by atoms with Crippen molar-refractivity contribution in [2.24, 2.45) is 0 Å². The van der Waals surface area contributed by atoms with Crippen molar-refractivity contribution in [3.05, 3.63) is 41.7 Å². The molecule has 0 bridgehead atoms. The number of amides is 1. The van der Waals surface area contributed by atoms with Crippen molar-refractivity contribution in [3.63, 3.8) is 0 Å². The van der Waals surface area contributed by atoms with Crippen molar-refractivity contribution in [1.82, 2.24) is 5.16 Å². The fraction of sp³-hybridized carbons (Fsp3) is 0.444. The average molecular weight is 416 g/mol. The predicted molar refractivity (Wildman–Crippen MR) is 94.4 cm³/mol. The number of hydrogen-bond acceptors (Lipinski definition) is 5. The second-order valence-electron chi connectivity index (χ2n) is 7.80. The number of sulfone groups is 1. The van der Waals surface area contributed by atoms with Crippen LogP contribution in [0.1, 0.15) is 44.9 Å². The predicted octanol–water partition coefficient (Wildman–Crippen LogP) is 3.94. The molecule has 6 nitrogen and oxygen atoms in total. The van der Waals surface area contributed by atoms with Crippen LogP contribution in [0.15, 0.2) is 39.8 Å². The van der Waals surface area contributed by atoms with Crippen LogP contribution in [0.3, 0.4) is 0 Å². The number of alkyl halides is 3. The lowest BCUT2D eigenvalue weighted by molar-refractivity contribution is -0.137. The maximum Gasteiger partial charge on any atom is 0.416 e. The van der Waals surface area contributed by atoms with E-state index >= 15 is 0 Å². The van der Waals surface area contributed by atoms with Crippen LogP contribution >= 0.6 is 0 Å². The third kappa shape index (κ3) is 3.52. The van der Waals surface area contributed by atoms with Crippen LogP contribution in [0, 0.1) is 0 Å². The van der Waals surface area contributed by atoms with Crippen LogP contribution < -0.4 is 5.32 Å². The Hall–Kier alpha value is -2.36. The van der Waals surface area contributed by atoms with E-state index in [0.29, 0.717) is 17.9 Å². The molecule has 0 atom stereocenters. The number of halogens is 3. The summed E-state index contributed by atoms with van der Waals surface area (Å²) in [5, 5.41) is 6.18. The fourth-order valence-corrected chi connectivity index (χ4v) is 4.58. The Labute approximate surface area is 160 Å².